The van der Waals surface area contributed by atoms with Crippen LogP contribution in [0, 0.1) is 18.3 Å². The molecule has 0 aliphatic heterocycles. The lowest BCUT2D eigenvalue weighted by Gasteiger charge is -2.06. The third-order valence-electron chi connectivity index (χ3n) is 1.83. The molecule has 17 heavy (non-hydrogen) atoms. The van der Waals surface area contributed by atoms with Crippen LogP contribution in [-0.2, 0) is 9.59 Å². The van der Waals surface area contributed by atoms with E-state index in [0.29, 0.717) is 5.69 Å². The van der Waals surface area contributed by atoms with Crippen LogP contribution in [0.5, 0.6) is 0 Å². The van der Waals surface area contributed by atoms with E-state index in [9.17, 15) is 9.59 Å². The molecule has 0 aromatic heterocycles. The average Bonchev–Trinajstić information content (AvgIpc) is 2.24. The van der Waals surface area contributed by atoms with Crippen molar-refractivity contribution in [3.05, 3.63) is 28.2 Å². The molecule has 1 rings (SSSR count). The number of aryl methyl sites for hydroxylation is 1. The van der Waals surface area contributed by atoms with Gasteiger partial charge in [-0.05, 0) is 30.7 Å². The Labute approximate surface area is 107 Å². The smallest absolute Gasteiger partial charge is 0.313 e. The number of nitrogens with one attached hydrogen (secondary N) is 2. The Kier molecular flexibility index (Phi) is 4.67. The van der Waals surface area contributed by atoms with Crippen molar-refractivity contribution in [2.24, 2.45) is 0 Å². The lowest BCUT2D eigenvalue weighted by atomic mass is 10.2. The summed E-state index contributed by atoms with van der Waals surface area (Å²) in [5, 5.41) is 12.9. The van der Waals surface area contributed by atoms with Crippen LogP contribution in [0.25, 0.3) is 0 Å². The van der Waals surface area contributed by atoms with Gasteiger partial charge in [0.2, 0.25) is 0 Å². The topological polar surface area (TPSA) is 82.0 Å². The zero-order valence-electron chi connectivity index (χ0n) is 9.08. The van der Waals surface area contributed by atoms with Crippen molar-refractivity contribution in [2.45, 2.75) is 6.92 Å². The summed E-state index contributed by atoms with van der Waals surface area (Å²) in [6.07, 6.45) is 0. The van der Waals surface area contributed by atoms with E-state index < -0.39 is 11.8 Å². The van der Waals surface area contributed by atoms with Gasteiger partial charge < -0.3 is 10.6 Å². The fourth-order valence-corrected chi connectivity index (χ4v) is 1.80. The van der Waals surface area contributed by atoms with Crippen LogP contribution in [0.1, 0.15) is 5.56 Å². The molecule has 2 N–H and O–H groups in total. The molecule has 1 aromatic rings. The molecule has 0 atom stereocenters. The van der Waals surface area contributed by atoms with Gasteiger partial charge in [-0.1, -0.05) is 15.9 Å². The van der Waals surface area contributed by atoms with Crippen molar-refractivity contribution in [1.29, 1.82) is 5.26 Å². The van der Waals surface area contributed by atoms with Crippen molar-refractivity contribution >= 4 is 33.4 Å². The van der Waals surface area contributed by atoms with Crippen LogP contribution in [0.3, 0.4) is 0 Å². The fraction of sp³-hybridized carbons (Fsp3) is 0.182. The molecular weight excluding hydrogens is 286 g/mol. The molecule has 0 aliphatic rings. The van der Waals surface area contributed by atoms with Gasteiger partial charge in [0.15, 0.2) is 0 Å². The number of hydrogen-bond donors (Lipinski definition) is 2. The molecule has 1 aromatic carbocycles. The largest absolute Gasteiger partial charge is 0.335 e. The molecule has 0 radical (unpaired) electrons. The first-order chi connectivity index (χ1) is 8.02. The molecule has 0 bridgehead atoms. The van der Waals surface area contributed by atoms with Gasteiger partial charge in [0.1, 0.15) is 6.54 Å². The summed E-state index contributed by atoms with van der Waals surface area (Å²) in [7, 11) is 0. The predicted octanol–water partition coefficient (Wildman–Crippen LogP) is 1.34. The van der Waals surface area contributed by atoms with Crippen LogP contribution in [0.4, 0.5) is 5.69 Å². The molecule has 6 heteroatoms. The van der Waals surface area contributed by atoms with Gasteiger partial charge in [0, 0.05) is 10.2 Å². The molecule has 0 saturated heterocycles. The highest BCUT2D eigenvalue weighted by molar-refractivity contribution is 9.10. The Morgan fingerprint density at radius 3 is 2.65 bits per heavy atom. The summed E-state index contributed by atoms with van der Waals surface area (Å²) < 4.78 is 0.810. The van der Waals surface area contributed by atoms with Gasteiger partial charge in [-0.15, -0.1) is 0 Å². The molecule has 0 unspecified atom stereocenters. The average molecular weight is 296 g/mol. The zero-order chi connectivity index (χ0) is 12.8. The highest BCUT2D eigenvalue weighted by Gasteiger charge is 2.12. The van der Waals surface area contributed by atoms with E-state index >= 15 is 0 Å². The summed E-state index contributed by atoms with van der Waals surface area (Å²) in [5.41, 5.74) is 1.47. The lowest BCUT2D eigenvalue weighted by Crippen LogP contribution is -2.35. The third kappa shape index (κ3) is 4.25. The van der Waals surface area contributed by atoms with E-state index in [2.05, 4.69) is 26.6 Å². The first-order valence-electron chi connectivity index (χ1n) is 4.76. The number of halogens is 1. The first kappa shape index (κ1) is 13.2. The van der Waals surface area contributed by atoms with E-state index in [1.54, 1.807) is 18.2 Å². The second kappa shape index (κ2) is 6.01. The minimum Gasteiger partial charge on any atom is -0.335 e. The van der Waals surface area contributed by atoms with E-state index in [1.807, 2.05) is 13.0 Å². The van der Waals surface area contributed by atoms with Crippen molar-refractivity contribution in [1.82, 2.24) is 5.32 Å². The van der Waals surface area contributed by atoms with Gasteiger partial charge in [-0.2, -0.15) is 5.26 Å². The Balaban J connectivity index is 2.68. The Bertz CT molecular complexity index is 474. The molecular formula is C11H10BrN3O2. The van der Waals surface area contributed by atoms with Crippen molar-refractivity contribution in [3.63, 3.8) is 0 Å². The van der Waals surface area contributed by atoms with Crippen LogP contribution in [0.2, 0.25) is 0 Å². The van der Waals surface area contributed by atoms with E-state index in [-0.39, 0.29) is 6.54 Å². The van der Waals surface area contributed by atoms with Gasteiger partial charge in [-0.3, -0.25) is 9.59 Å². The highest BCUT2D eigenvalue weighted by atomic mass is 79.9. The summed E-state index contributed by atoms with van der Waals surface area (Å²) in [4.78, 5) is 22.6. The van der Waals surface area contributed by atoms with Crippen LogP contribution >= 0.6 is 15.9 Å². The molecule has 88 valence electrons. The van der Waals surface area contributed by atoms with Crippen molar-refractivity contribution in [2.75, 3.05) is 11.9 Å². The number of nitriles is 1. The fourth-order valence-electron chi connectivity index (χ4n) is 1.20. The minimum atomic E-state index is -0.829. The Hall–Kier alpha value is -1.87. The summed E-state index contributed by atoms with van der Waals surface area (Å²) in [5.74, 6) is -1.62. The molecule has 2 amide bonds. The van der Waals surface area contributed by atoms with E-state index in [4.69, 9.17) is 5.26 Å². The van der Waals surface area contributed by atoms with Crippen LogP contribution in [-0.4, -0.2) is 18.4 Å². The van der Waals surface area contributed by atoms with Crippen molar-refractivity contribution in [3.8, 4) is 6.07 Å². The number of rotatable bonds is 2. The molecule has 0 spiro atoms. The number of carbonyl (C=O) groups is 2. The zero-order valence-corrected chi connectivity index (χ0v) is 10.7. The van der Waals surface area contributed by atoms with Gasteiger partial charge in [0.05, 0.1) is 6.07 Å². The number of nitrogens with zero attached hydrogens (tertiary/aromatic N) is 1. The van der Waals surface area contributed by atoms with Gasteiger partial charge in [-0.25, -0.2) is 0 Å². The SMILES string of the molecule is Cc1cc(Br)cc(NC(=O)C(=O)NCC#N)c1. The maximum atomic E-state index is 11.4. The predicted molar refractivity (Wildman–Crippen MR) is 66.1 cm³/mol. The van der Waals surface area contributed by atoms with E-state index in [0.717, 1.165) is 10.0 Å². The minimum absolute atomic E-state index is 0.191. The highest BCUT2D eigenvalue weighted by Crippen LogP contribution is 2.18. The van der Waals surface area contributed by atoms with Gasteiger partial charge >= 0.3 is 11.8 Å². The Morgan fingerprint density at radius 1 is 1.35 bits per heavy atom. The number of amides is 2. The Morgan fingerprint density at radius 2 is 2.06 bits per heavy atom. The first-order valence-corrected chi connectivity index (χ1v) is 5.55. The quantitative estimate of drug-likeness (QED) is 0.638. The third-order valence-corrected chi connectivity index (χ3v) is 2.29. The second-order valence-corrected chi connectivity index (χ2v) is 4.23. The standard InChI is InChI=1S/C11H10BrN3O2/c1-7-4-8(12)6-9(5-7)15-11(17)10(16)14-3-2-13/h4-6H,3H2,1H3,(H,14,16)(H,15,17). The monoisotopic (exact) mass is 295 g/mol. The van der Waals surface area contributed by atoms with Gasteiger partial charge in [0.25, 0.3) is 0 Å². The summed E-state index contributed by atoms with van der Waals surface area (Å²) in [6.45, 7) is 1.68. The summed E-state index contributed by atoms with van der Waals surface area (Å²) in [6, 6.07) is 7.02. The van der Waals surface area contributed by atoms with Crippen LogP contribution < -0.4 is 10.6 Å². The molecule has 0 fully saturated rings. The molecule has 0 heterocycles. The maximum Gasteiger partial charge on any atom is 0.313 e. The van der Waals surface area contributed by atoms with Crippen LogP contribution in [0.15, 0.2) is 22.7 Å². The number of hydrogen-bond acceptors (Lipinski definition) is 3. The summed E-state index contributed by atoms with van der Waals surface area (Å²) >= 11 is 3.29. The molecule has 0 aliphatic carbocycles. The molecule has 5 nitrogen and oxygen atoms in total. The van der Waals surface area contributed by atoms with E-state index in [1.165, 1.54) is 0 Å². The number of anilines is 1. The second-order valence-electron chi connectivity index (χ2n) is 3.31. The number of benzene rings is 1. The van der Waals surface area contributed by atoms with Crippen molar-refractivity contribution < 1.29 is 9.59 Å². The number of carbonyl (C=O) groups excluding carboxylic acids is 2. The molecule has 0 saturated carbocycles. The normalized spacial score (nSPS) is 9.24. The lowest BCUT2D eigenvalue weighted by molar-refractivity contribution is -0.136. The maximum absolute atomic E-state index is 11.4.